The molecule has 0 aromatic carbocycles. The van der Waals surface area contributed by atoms with E-state index in [1.165, 1.54) is 0 Å². The zero-order valence-corrected chi connectivity index (χ0v) is 13.0. The Kier molecular flexibility index (Phi) is 8.87. The van der Waals surface area contributed by atoms with E-state index in [0.717, 1.165) is 11.8 Å². The van der Waals surface area contributed by atoms with Crippen molar-refractivity contribution in [2.75, 3.05) is 12.3 Å². The summed E-state index contributed by atoms with van der Waals surface area (Å²) >= 11 is 0.912. The molecule has 6 nitrogen and oxygen atoms in total. The topological polar surface area (TPSA) is 89.5 Å². The number of amides is 1. The Morgan fingerprint density at radius 2 is 1.70 bits per heavy atom. The molecule has 0 spiro atoms. The van der Waals surface area contributed by atoms with Crippen LogP contribution in [-0.2, 0) is 23.9 Å². The van der Waals surface area contributed by atoms with E-state index in [-0.39, 0.29) is 17.9 Å². The van der Waals surface area contributed by atoms with Gasteiger partial charge < -0.3 is 10.1 Å². The molecule has 20 heavy (non-hydrogen) atoms. The smallest absolute Gasteiger partial charge is 0.375 e. The fourth-order valence-electron chi connectivity index (χ4n) is 1.08. The summed E-state index contributed by atoms with van der Waals surface area (Å²) in [6.45, 7) is 7.13. The van der Waals surface area contributed by atoms with E-state index in [1.54, 1.807) is 27.7 Å². The molecule has 114 valence electrons. The molecule has 0 heterocycles. The van der Waals surface area contributed by atoms with Crippen LogP contribution >= 0.6 is 11.8 Å². The second kappa shape index (κ2) is 9.52. The molecule has 0 bridgehead atoms. The lowest BCUT2D eigenvalue weighted by Crippen LogP contribution is -2.30. The van der Waals surface area contributed by atoms with Crippen molar-refractivity contribution in [3.05, 3.63) is 0 Å². The van der Waals surface area contributed by atoms with Crippen LogP contribution in [0.2, 0.25) is 0 Å². The largest absolute Gasteiger partial charge is 0.457 e. The normalized spacial score (nSPS) is 10.5. The standard InChI is InChI=1S/C13H21NO5S/c1-8(2)12(17)14-5-6-20-11(16)7-10(15)13(18)19-9(3)4/h8-9H,5-7H2,1-4H3,(H,14,17). The van der Waals surface area contributed by atoms with Crippen LogP contribution in [0.5, 0.6) is 0 Å². The van der Waals surface area contributed by atoms with Gasteiger partial charge in [0.2, 0.25) is 11.7 Å². The van der Waals surface area contributed by atoms with Crippen LogP contribution in [0.1, 0.15) is 34.1 Å². The number of thioether (sulfide) groups is 1. The van der Waals surface area contributed by atoms with Crippen molar-refractivity contribution in [2.45, 2.75) is 40.2 Å². The summed E-state index contributed by atoms with van der Waals surface area (Å²) in [5.41, 5.74) is 0. The lowest BCUT2D eigenvalue weighted by Gasteiger charge is -2.07. The number of ketones is 1. The number of esters is 1. The minimum absolute atomic E-state index is 0.0883. The van der Waals surface area contributed by atoms with Crippen LogP contribution in [0.3, 0.4) is 0 Å². The van der Waals surface area contributed by atoms with Crippen molar-refractivity contribution >= 4 is 34.5 Å². The molecule has 0 aliphatic rings. The molecule has 0 rings (SSSR count). The van der Waals surface area contributed by atoms with E-state index in [1.807, 2.05) is 0 Å². The van der Waals surface area contributed by atoms with Crippen LogP contribution < -0.4 is 5.32 Å². The van der Waals surface area contributed by atoms with Crippen molar-refractivity contribution in [2.24, 2.45) is 5.92 Å². The molecular weight excluding hydrogens is 282 g/mol. The summed E-state index contributed by atoms with van der Waals surface area (Å²) in [5, 5.41) is 2.24. The van der Waals surface area contributed by atoms with Crippen molar-refractivity contribution < 1.29 is 23.9 Å². The highest BCUT2D eigenvalue weighted by Crippen LogP contribution is 2.06. The maximum absolute atomic E-state index is 11.4. The number of hydrogen-bond donors (Lipinski definition) is 1. The van der Waals surface area contributed by atoms with E-state index in [4.69, 9.17) is 0 Å². The SMILES string of the molecule is CC(C)OC(=O)C(=O)CC(=O)SCCNC(=O)C(C)C. The lowest BCUT2D eigenvalue weighted by molar-refractivity contribution is -0.157. The molecule has 7 heteroatoms. The highest BCUT2D eigenvalue weighted by atomic mass is 32.2. The fourth-order valence-corrected chi connectivity index (χ4v) is 1.74. The molecule has 0 aliphatic carbocycles. The van der Waals surface area contributed by atoms with Crippen molar-refractivity contribution in [1.82, 2.24) is 5.32 Å². The summed E-state index contributed by atoms with van der Waals surface area (Å²) in [7, 11) is 0. The van der Waals surface area contributed by atoms with Gasteiger partial charge in [0.05, 0.1) is 12.5 Å². The maximum atomic E-state index is 11.4. The molecule has 0 saturated carbocycles. The first-order valence-corrected chi connectivity index (χ1v) is 7.39. The lowest BCUT2D eigenvalue weighted by atomic mass is 10.2. The quantitative estimate of drug-likeness (QED) is 0.310. The van der Waals surface area contributed by atoms with Crippen LogP contribution in [-0.4, -0.2) is 41.2 Å². The minimum atomic E-state index is -0.984. The second-order valence-electron chi connectivity index (χ2n) is 4.72. The van der Waals surface area contributed by atoms with Crippen LogP contribution in [0.4, 0.5) is 0 Å². The fraction of sp³-hybridized carbons (Fsp3) is 0.692. The summed E-state index contributed by atoms with van der Waals surface area (Å²) in [4.78, 5) is 45.2. The summed E-state index contributed by atoms with van der Waals surface area (Å²) in [6.07, 6.45) is -0.866. The third-order valence-corrected chi connectivity index (χ3v) is 2.94. The molecule has 0 unspecified atom stereocenters. The summed E-state index contributed by atoms with van der Waals surface area (Å²) < 4.78 is 4.69. The van der Waals surface area contributed by atoms with Crippen LogP contribution in [0.15, 0.2) is 0 Å². The first kappa shape index (κ1) is 18.6. The first-order chi connectivity index (χ1) is 9.23. The van der Waals surface area contributed by atoms with E-state index < -0.39 is 23.3 Å². The number of hydrogen-bond acceptors (Lipinski definition) is 6. The molecular formula is C13H21NO5S. The van der Waals surface area contributed by atoms with E-state index in [9.17, 15) is 19.2 Å². The molecule has 0 aliphatic heterocycles. The number of nitrogens with one attached hydrogen (secondary N) is 1. The third kappa shape index (κ3) is 8.68. The van der Waals surface area contributed by atoms with Gasteiger partial charge in [-0.1, -0.05) is 25.6 Å². The Morgan fingerprint density at radius 3 is 2.20 bits per heavy atom. The van der Waals surface area contributed by atoms with E-state index in [0.29, 0.717) is 12.3 Å². The number of ether oxygens (including phenoxy) is 1. The highest BCUT2D eigenvalue weighted by molar-refractivity contribution is 8.13. The Bertz CT molecular complexity index is 379. The van der Waals surface area contributed by atoms with Crippen molar-refractivity contribution in [1.29, 1.82) is 0 Å². The zero-order valence-electron chi connectivity index (χ0n) is 12.2. The Labute approximate surface area is 123 Å². The first-order valence-electron chi connectivity index (χ1n) is 6.41. The molecule has 0 radical (unpaired) electrons. The van der Waals surface area contributed by atoms with Gasteiger partial charge in [0.15, 0.2) is 5.12 Å². The van der Waals surface area contributed by atoms with Gasteiger partial charge >= 0.3 is 5.97 Å². The number of Topliss-reactive ketones (excluding diaryl/α,β-unsaturated/α-hetero) is 1. The van der Waals surface area contributed by atoms with Crippen LogP contribution in [0, 0.1) is 5.92 Å². The van der Waals surface area contributed by atoms with E-state index in [2.05, 4.69) is 10.1 Å². The highest BCUT2D eigenvalue weighted by Gasteiger charge is 2.20. The molecule has 1 amide bonds. The maximum Gasteiger partial charge on any atom is 0.375 e. The molecule has 1 N–H and O–H groups in total. The average Bonchev–Trinajstić information content (AvgIpc) is 2.33. The molecule has 0 atom stereocenters. The van der Waals surface area contributed by atoms with Gasteiger partial charge in [-0.3, -0.25) is 14.4 Å². The third-order valence-electron chi connectivity index (χ3n) is 2.06. The molecule has 0 saturated heterocycles. The summed E-state index contributed by atoms with van der Waals surface area (Å²) in [5.74, 6) is -1.66. The van der Waals surface area contributed by atoms with Gasteiger partial charge in [-0.2, -0.15) is 0 Å². The average molecular weight is 303 g/mol. The number of rotatable bonds is 8. The molecule has 0 fully saturated rings. The van der Waals surface area contributed by atoms with Gasteiger partial charge in [-0.25, -0.2) is 4.79 Å². The zero-order chi connectivity index (χ0) is 15.7. The Morgan fingerprint density at radius 1 is 1.10 bits per heavy atom. The number of carbonyl (C=O) groups excluding carboxylic acids is 4. The minimum Gasteiger partial charge on any atom is -0.457 e. The predicted molar refractivity (Wildman–Crippen MR) is 76.2 cm³/mol. The Hall–Kier alpha value is -1.37. The molecule has 0 aromatic rings. The summed E-state index contributed by atoms with van der Waals surface area (Å²) in [6, 6.07) is 0. The van der Waals surface area contributed by atoms with Gasteiger partial charge in [-0.05, 0) is 13.8 Å². The van der Waals surface area contributed by atoms with E-state index >= 15 is 0 Å². The predicted octanol–water partition coefficient (Wildman–Crippen LogP) is 0.929. The molecule has 0 aromatic heterocycles. The van der Waals surface area contributed by atoms with Gasteiger partial charge in [-0.15, -0.1) is 0 Å². The van der Waals surface area contributed by atoms with Gasteiger partial charge in [0.1, 0.15) is 0 Å². The monoisotopic (exact) mass is 303 g/mol. The van der Waals surface area contributed by atoms with Crippen molar-refractivity contribution in [3.8, 4) is 0 Å². The number of carbonyl (C=O) groups is 4. The second-order valence-corrected chi connectivity index (χ2v) is 5.87. The van der Waals surface area contributed by atoms with Gasteiger partial charge in [0, 0.05) is 18.2 Å². The van der Waals surface area contributed by atoms with Crippen LogP contribution in [0.25, 0.3) is 0 Å². The van der Waals surface area contributed by atoms with Crippen molar-refractivity contribution in [3.63, 3.8) is 0 Å². The Balaban J connectivity index is 3.86. The van der Waals surface area contributed by atoms with Gasteiger partial charge in [0.25, 0.3) is 0 Å².